The lowest BCUT2D eigenvalue weighted by Crippen LogP contribution is -2.29. The number of hydrogen-bond acceptors (Lipinski definition) is 5. The molecule has 15 heteroatoms. The highest BCUT2D eigenvalue weighted by Crippen LogP contribution is 2.35. The molecule has 0 unspecified atom stereocenters. The Labute approximate surface area is 256 Å². The van der Waals surface area contributed by atoms with E-state index in [2.05, 4.69) is 10.0 Å². The van der Waals surface area contributed by atoms with Gasteiger partial charge >= 0.3 is 6.18 Å². The molecule has 0 heterocycles. The third kappa shape index (κ3) is 7.99. The van der Waals surface area contributed by atoms with Crippen molar-refractivity contribution in [3.63, 3.8) is 0 Å². The first kappa shape index (κ1) is 32.1. The summed E-state index contributed by atoms with van der Waals surface area (Å²) in [6, 6.07) is 19.6. The predicted octanol–water partition coefficient (Wildman–Crippen LogP) is 7.03. The maximum Gasteiger partial charge on any atom is 0.416 e. The molecule has 1 amide bonds. The van der Waals surface area contributed by atoms with Crippen LogP contribution in [0, 0.1) is 0 Å². The Bertz CT molecular complexity index is 1870. The molecule has 0 aliphatic rings. The standard InChI is InChI=1S/C28H22Cl2F3N3O5S2/c1-42(38,39)36(25-7-3-6-24(29)26(25)30)17-18-8-10-19(11-9-18)27(37)34-21-12-14-23(15-13-21)43(40,41)35-22-5-2-4-20(16-22)28(31,32)33/h2-16,35H,17H2,1H3,(H,34,37). The number of nitrogens with zero attached hydrogens (tertiary/aromatic N) is 1. The number of nitrogens with one attached hydrogen (secondary N) is 2. The van der Waals surface area contributed by atoms with Crippen molar-refractivity contribution in [1.29, 1.82) is 0 Å². The van der Waals surface area contributed by atoms with Crippen LogP contribution in [0.2, 0.25) is 10.0 Å². The summed E-state index contributed by atoms with van der Waals surface area (Å²) in [5, 5.41) is 2.89. The molecule has 0 saturated heterocycles. The minimum absolute atomic E-state index is 0.0781. The van der Waals surface area contributed by atoms with Crippen LogP contribution < -0.4 is 14.3 Å². The maximum absolute atomic E-state index is 13.0. The first-order valence-corrected chi connectivity index (χ1v) is 16.3. The van der Waals surface area contributed by atoms with Crippen LogP contribution in [0.5, 0.6) is 0 Å². The second-order valence-corrected chi connectivity index (χ2v) is 13.6. The van der Waals surface area contributed by atoms with Gasteiger partial charge in [0.1, 0.15) is 0 Å². The van der Waals surface area contributed by atoms with Gasteiger partial charge in [-0.05, 0) is 72.3 Å². The Hall–Kier alpha value is -3.78. The van der Waals surface area contributed by atoms with E-state index in [4.69, 9.17) is 23.2 Å². The Morgan fingerprint density at radius 1 is 0.837 bits per heavy atom. The number of alkyl halides is 3. The lowest BCUT2D eigenvalue weighted by molar-refractivity contribution is -0.137. The molecule has 4 aromatic rings. The molecule has 0 aliphatic heterocycles. The van der Waals surface area contributed by atoms with Crippen molar-refractivity contribution in [3.8, 4) is 0 Å². The summed E-state index contributed by atoms with van der Waals surface area (Å²) in [4.78, 5) is 12.5. The summed E-state index contributed by atoms with van der Waals surface area (Å²) >= 11 is 12.3. The molecule has 4 rings (SSSR count). The topological polar surface area (TPSA) is 113 Å². The maximum atomic E-state index is 13.0. The molecule has 0 radical (unpaired) electrons. The van der Waals surface area contributed by atoms with E-state index in [0.717, 1.165) is 22.7 Å². The summed E-state index contributed by atoms with van der Waals surface area (Å²) in [5.41, 5.74) is -0.0119. The smallest absolute Gasteiger partial charge is 0.322 e. The Kier molecular flexibility index (Phi) is 9.30. The number of benzene rings is 4. The minimum Gasteiger partial charge on any atom is -0.322 e. The molecule has 0 spiro atoms. The molecule has 0 fully saturated rings. The molecule has 226 valence electrons. The van der Waals surface area contributed by atoms with Gasteiger partial charge in [-0.15, -0.1) is 0 Å². The van der Waals surface area contributed by atoms with Gasteiger partial charge in [0.15, 0.2) is 0 Å². The largest absolute Gasteiger partial charge is 0.416 e. The van der Waals surface area contributed by atoms with Gasteiger partial charge in [0.25, 0.3) is 15.9 Å². The zero-order valence-electron chi connectivity index (χ0n) is 22.1. The van der Waals surface area contributed by atoms with Crippen LogP contribution in [0.4, 0.5) is 30.2 Å². The van der Waals surface area contributed by atoms with Crippen molar-refractivity contribution in [1.82, 2.24) is 0 Å². The van der Waals surface area contributed by atoms with Gasteiger partial charge in [-0.3, -0.25) is 13.8 Å². The predicted molar refractivity (Wildman–Crippen MR) is 161 cm³/mol. The fourth-order valence-electron chi connectivity index (χ4n) is 3.89. The van der Waals surface area contributed by atoms with E-state index < -0.39 is 37.7 Å². The van der Waals surface area contributed by atoms with Gasteiger partial charge < -0.3 is 5.32 Å². The first-order chi connectivity index (χ1) is 20.0. The Morgan fingerprint density at radius 3 is 2.07 bits per heavy atom. The van der Waals surface area contributed by atoms with E-state index in [1.165, 1.54) is 54.6 Å². The van der Waals surface area contributed by atoms with Crippen molar-refractivity contribution in [2.75, 3.05) is 20.6 Å². The molecular formula is C28H22Cl2F3N3O5S2. The average Bonchev–Trinajstić information content (AvgIpc) is 2.93. The van der Waals surface area contributed by atoms with E-state index in [9.17, 15) is 34.8 Å². The van der Waals surface area contributed by atoms with E-state index >= 15 is 0 Å². The summed E-state index contributed by atoms with van der Waals surface area (Å²) in [6.07, 6.45) is -3.60. The third-order valence-electron chi connectivity index (χ3n) is 6.01. The van der Waals surface area contributed by atoms with Crippen LogP contribution in [-0.2, 0) is 32.8 Å². The van der Waals surface area contributed by atoms with Crippen LogP contribution in [-0.4, -0.2) is 29.0 Å². The van der Waals surface area contributed by atoms with Crippen LogP contribution in [0.3, 0.4) is 0 Å². The molecular weight excluding hydrogens is 650 g/mol. The number of amides is 1. The van der Waals surface area contributed by atoms with Crippen molar-refractivity contribution < 1.29 is 34.8 Å². The van der Waals surface area contributed by atoms with Gasteiger partial charge in [0, 0.05) is 16.9 Å². The lowest BCUT2D eigenvalue weighted by Gasteiger charge is -2.24. The van der Waals surface area contributed by atoms with Crippen LogP contribution in [0.15, 0.2) is 95.9 Å². The van der Waals surface area contributed by atoms with Crippen molar-refractivity contribution in [2.24, 2.45) is 0 Å². The number of anilines is 3. The van der Waals surface area contributed by atoms with E-state index in [1.54, 1.807) is 18.2 Å². The third-order valence-corrected chi connectivity index (χ3v) is 9.34. The zero-order chi connectivity index (χ0) is 31.6. The fraction of sp³-hybridized carbons (Fsp3) is 0.107. The average molecular weight is 673 g/mol. The highest BCUT2D eigenvalue weighted by Gasteiger charge is 2.31. The van der Waals surface area contributed by atoms with Crippen molar-refractivity contribution in [2.45, 2.75) is 17.6 Å². The zero-order valence-corrected chi connectivity index (χ0v) is 25.2. The number of rotatable bonds is 9. The van der Waals surface area contributed by atoms with Gasteiger partial charge in [0.2, 0.25) is 10.0 Å². The summed E-state index contributed by atoms with van der Waals surface area (Å²) < 4.78 is 92.4. The number of sulfonamides is 2. The van der Waals surface area contributed by atoms with Crippen molar-refractivity contribution in [3.05, 3.63) is 118 Å². The van der Waals surface area contributed by atoms with Gasteiger partial charge in [-0.2, -0.15) is 13.2 Å². The second kappa shape index (κ2) is 12.4. The highest BCUT2D eigenvalue weighted by atomic mass is 35.5. The normalized spacial score (nSPS) is 12.0. The highest BCUT2D eigenvalue weighted by molar-refractivity contribution is 7.92. The van der Waals surface area contributed by atoms with Crippen LogP contribution in [0.1, 0.15) is 21.5 Å². The molecule has 4 aromatic carbocycles. The molecule has 43 heavy (non-hydrogen) atoms. The Balaban J connectivity index is 1.43. The quantitative estimate of drug-likeness (QED) is 0.198. The molecule has 0 saturated carbocycles. The molecule has 0 aromatic heterocycles. The summed E-state index contributed by atoms with van der Waals surface area (Å²) in [6.45, 7) is -0.0781. The molecule has 8 nitrogen and oxygen atoms in total. The molecule has 0 bridgehead atoms. The SMILES string of the molecule is CS(=O)(=O)N(Cc1ccc(C(=O)Nc2ccc(S(=O)(=O)Nc3cccc(C(F)(F)F)c3)cc2)cc1)c1cccc(Cl)c1Cl. The van der Waals surface area contributed by atoms with Crippen LogP contribution >= 0.6 is 23.2 Å². The number of carbonyl (C=O) groups excluding carboxylic acids is 1. The lowest BCUT2D eigenvalue weighted by atomic mass is 10.1. The van der Waals surface area contributed by atoms with Gasteiger partial charge in [0.05, 0.1) is 39.0 Å². The van der Waals surface area contributed by atoms with E-state index in [-0.39, 0.29) is 44.1 Å². The summed E-state index contributed by atoms with van der Waals surface area (Å²) in [7, 11) is -7.96. The van der Waals surface area contributed by atoms with Crippen LogP contribution in [0.25, 0.3) is 0 Å². The molecule has 2 N–H and O–H groups in total. The van der Waals surface area contributed by atoms with Crippen molar-refractivity contribution >= 4 is 66.2 Å². The van der Waals surface area contributed by atoms with E-state index in [0.29, 0.717) is 11.6 Å². The molecule has 0 aliphatic carbocycles. The molecule has 0 atom stereocenters. The number of carbonyl (C=O) groups is 1. The van der Waals surface area contributed by atoms with E-state index in [1.807, 2.05) is 0 Å². The number of hydrogen-bond donors (Lipinski definition) is 2. The van der Waals surface area contributed by atoms with Gasteiger partial charge in [-0.25, -0.2) is 16.8 Å². The minimum atomic E-state index is -4.64. The second-order valence-electron chi connectivity index (χ2n) is 9.20. The fourth-order valence-corrected chi connectivity index (χ4v) is 6.28. The number of halogens is 5. The summed E-state index contributed by atoms with van der Waals surface area (Å²) in [5.74, 6) is -0.526. The first-order valence-electron chi connectivity index (χ1n) is 12.2. The Morgan fingerprint density at radius 2 is 1.47 bits per heavy atom. The monoisotopic (exact) mass is 671 g/mol. The van der Waals surface area contributed by atoms with Gasteiger partial charge in [-0.1, -0.05) is 47.5 Å².